The third-order valence-electron chi connectivity index (χ3n) is 5.36. The summed E-state index contributed by atoms with van der Waals surface area (Å²) in [6.45, 7) is 5.00. The summed E-state index contributed by atoms with van der Waals surface area (Å²) in [5.74, 6) is 1.44. The van der Waals surface area contributed by atoms with Gasteiger partial charge in [0.25, 0.3) is 0 Å². The average molecular weight is 1090 g/mol. The Morgan fingerprint density at radius 2 is 0.983 bits per heavy atom. The van der Waals surface area contributed by atoms with Crippen molar-refractivity contribution in [2.24, 2.45) is 21.5 Å². The first-order valence-electron chi connectivity index (χ1n) is 14.9. The molecule has 4 aromatic carbocycles. The van der Waals surface area contributed by atoms with E-state index in [9.17, 15) is 10.2 Å². The van der Waals surface area contributed by atoms with Crippen LogP contribution in [0.15, 0.2) is 82.8 Å². The Morgan fingerprint density at radius 1 is 0.672 bits per heavy atom. The number of phenols is 1. The number of ether oxygens (including phenoxy) is 2. The molecule has 0 aliphatic carbocycles. The number of hydrogen-bond acceptors (Lipinski definition) is 7. The number of quaternary nitrogens is 2. The van der Waals surface area contributed by atoms with E-state index < -0.39 is 12.6 Å². The second kappa shape index (κ2) is 38.1. The van der Waals surface area contributed by atoms with E-state index in [-0.39, 0.29) is 150 Å². The predicted octanol–water partition coefficient (Wildman–Crippen LogP) is 4.36. The number of aromatic hydroxyl groups is 1. The molecule has 2 unspecified atom stereocenters. The minimum absolute atomic E-state index is 0. The van der Waals surface area contributed by atoms with Crippen LogP contribution in [0.2, 0.25) is 30.1 Å². The zero-order valence-corrected chi connectivity index (χ0v) is 44.7. The van der Waals surface area contributed by atoms with E-state index in [2.05, 4.69) is 32.1 Å². The quantitative estimate of drug-likeness (QED) is 0.0433. The minimum atomic E-state index is -0.625. The first-order chi connectivity index (χ1) is 24.4. The molecule has 0 spiro atoms. The molecule has 0 aromatic heterocycles. The fourth-order valence-electron chi connectivity index (χ4n) is 3.28. The number of nitrogens with one attached hydrogen (secondary N) is 4. The molecule has 16 N–H and O–H groups in total. The van der Waals surface area contributed by atoms with Gasteiger partial charge < -0.3 is 85.1 Å². The molecule has 2 radical (unpaired) electrons. The van der Waals surface area contributed by atoms with E-state index in [0.717, 1.165) is 0 Å². The van der Waals surface area contributed by atoms with E-state index >= 15 is 0 Å². The maximum absolute atomic E-state index is 11.5. The standard InChI is InChI=1S/2C12H7Cl3O2.2C4H12N5.2CH3.Na.H2O.2Y/c2*13-7-1-3-11(9(15)5-7)17-12-4-2-8(14)6-10(12)16;2*1-2-8-4(7)9-3(5)6;;;;;;/h2*1-6,16H;2*3,5H,2,6H2,1H3,(H3,7,8,9);2*1H3;;1H2;;/q;;4*-1;+1;;;. The molecule has 0 fully saturated rings. The molecule has 4 aromatic rings. The van der Waals surface area contributed by atoms with Gasteiger partial charge in [-0.3, -0.25) is 9.98 Å². The van der Waals surface area contributed by atoms with Crippen LogP contribution in [0.1, 0.15) is 13.8 Å². The summed E-state index contributed by atoms with van der Waals surface area (Å²) in [6, 6.07) is 18.5. The van der Waals surface area contributed by atoms with E-state index in [1.807, 2.05) is 13.8 Å². The number of phenolic OH excluding ortho intramolecular Hbond substituents is 1. The number of halogens is 6. The Labute approximate surface area is 443 Å². The fraction of sp³-hybridized carbons (Fsp3) is 0.176. The Bertz CT molecular complexity index is 1570. The summed E-state index contributed by atoms with van der Waals surface area (Å²) in [5, 5.41) is 28.7. The molecule has 58 heavy (non-hydrogen) atoms. The van der Waals surface area contributed by atoms with Crippen molar-refractivity contribution in [3.05, 3.63) is 129 Å². The Balaban J connectivity index is -0.000000157. The number of benzene rings is 4. The summed E-state index contributed by atoms with van der Waals surface area (Å²) in [6.07, 6.45) is -1.25. The summed E-state index contributed by atoms with van der Waals surface area (Å²) in [7, 11) is 0. The predicted molar refractivity (Wildman–Crippen MR) is 224 cm³/mol. The van der Waals surface area contributed by atoms with Crippen LogP contribution >= 0.6 is 69.6 Å². The Morgan fingerprint density at radius 3 is 1.29 bits per heavy atom. The van der Waals surface area contributed by atoms with Crippen molar-refractivity contribution in [3.8, 4) is 34.5 Å². The van der Waals surface area contributed by atoms with E-state index in [1.54, 1.807) is 54.6 Å². The van der Waals surface area contributed by atoms with Crippen molar-refractivity contribution >= 4 is 81.5 Å². The smallest absolute Gasteiger partial charge is 0.870 e. The third-order valence-corrected chi connectivity index (χ3v) is 6.89. The summed E-state index contributed by atoms with van der Waals surface area (Å²) < 4.78 is 10.8. The molecule has 0 saturated heterocycles. The van der Waals surface area contributed by atoms with E-state index in [0.29, 0.717) is 54.7 Å². The molecule has 24 heteroatoms. The molecule has 0 amide bonds. The fourth-order valence-corrected chi connectivity index (χ4v) is 4.51. The van der Waals surface area contributed by atoms with Gasteiger partial charge in [0.15, 0.2) is 23.4 Å². The summed E-state index contributed by atoms with van der Waals surface area (Å²) >= 11 is 34.8. The van der Waals surface area contributed by atoms with Gasteiger partial charge in [0.2, 0.25) is 0 Å². The van der Waals surface area contributed by atoms with Crippen LogP contribution in [0.3, 0.4) is 0 Å². The molecule has 0 aliphatic heterocycles. The number of guanidine groups is 2. The molecule has 15 nitrogen and oxygen atoms in total. The second-order valence-electron chi connectivity index (χ2n) is 9.67. The van der Waals surface area contributed by atoms with Gasteiger partial charge in [0, 0.05) is 105 Å². The van der Waals surface area contributed by atoms with E-state index in [1.165, 1.54) is 18.2 Å². The van der Waals surface area contributed by atoms with Crippen molar-refractivity contribution in [2.45, 2.75) is 26.4 Å². The number of nitrogens with zero attached hydrogens (tertiary/aromatic N) is 2. The molecular weight excluding hydrogens is 1040 g/mol. The molecule has 2 atom stereocenters. The van der Waals surface area contributed by atoms with E-state index in [4.69, 9.17) is 102 Å². The van der Waals surface area contributed by atoms with Crippen molar-refractivity contribution in [2.75, 3.05) is 13.1 Å². The zero-order valence-electron chi connectivity index (χ0n) is 32.5. The van der Waals surface area contributed by atoms with Crippen LogP contribution in [-0.2, 0) is 65.4 Å². The number of hydrogen-bond donors (Lipinski definition) is 7. The maximum atomic E-state index is 11.5. The van der Waals surface area contributed by atoms with Crippen molar-refractivity contribution < 1.29 is 132 Å². The van der Waals surface area contributed by atoms with Crippen LogP contribution in [0.5, 0.6) is 34.5 Å². The minimum Gasteiger partial charge on any atom is -0.870 e. The van der Waals surface area contributed by atoms with Gasteiger partial charge in [-0.05, 0) is 80.6 Å². The van der Waals surface area contributed by atoms with Gasteiger partial charge in [-0.15, -0.1) is 0 Å². The Hall–Kier alpha value is -0.632. The molecular formula is C34H46Cl6N10NaO5Y2-3. The SMILES string of the molecule is CCN=C(N)NC([NH-])[NH3+].CCN=C(N)NC([NH-])[NH3+].Oc1cc(Cl)ccc1Oc1ccc(Cl)cc1Cl.[CH3-].[CH3-].[Na+].[O-]c1cc(Cl)ccc1Oc1ccc(Cl)cc1Cl.[OH-].[Y].[Y]. The topological polar surface area (TPSA) is 295 Å². The molecule has 0 bridgehead atoms. The van der Waals surface area contributed by atoms with Crippen LogP contribution in [0, 0.1) is 14.9 Å². The molecule has 314 valence electrons. The molecule has 4 rings (SSSR count). The van der Waals surface area contributed by atoms with Crippen molar-refractivity contribution in [1.82, 2.24) is 10.6 Å². The largest absolute Gasteiger partial charge is 1.00 e. The summed E-state index contributed by atoms with van der Waals surface area (Å²) in [4.78, 5) is 7.58. The van der Waals surface area contributed by atoms with Gasteiger partial charge in [0.05, 0.1) is 22.6 Å². The number of nitrogens with two attached hydrogens (primary N) is 2. The third kappa shape index (κ3) is 30.4. The van der Waals surface area contributed by atoms with Crippen LogP contribution in [0.25, 0.3) is 11.5 Å². The summed E-state index contributed by atoms with van der Waals surface area (Å²) in [5.41, 5.74) is 31.0. The zero-order chi connectivity index (χ0) is 39.4. The molecule has 0 heterocycles. The maximum Gasteiger partial charge on any atom is 1.00 e. The molecule has 0 aliphatic rings. The molecule has 0 saturated carbocycles. The first kappa shape index (κ1) is 69.1. The second-order valence-corrected chi connectivity index (χ2v) is 12.2. The monoisotopic (exact) mass is 1080 g/mol. The van der Waals surface area contributed by atoms with Gasteiger partial charge in [-0.25, -0.2) is 0 Å². The van der Waals surface area contributed by atoms with Gasteiger partial charge in [-0.2, -0.15) is 0 Å². The van der Waals surface area contributed by atoms with Gasteiger partial charge >= 0.3 is 29.6 Å². The van der Waals surface area contributed by atoms with Gasteiger partial charge in [-0.1, -0.05) is 75.4 Å². The van der Waals surface area contributed by atoms with Crippen LogP contribution in [-0.4, -0.2) is 48.2 Å². The average Bonchev–Trinajstić information content (AvgIpc) is 3.03. The van der Waals surface area contributed by atoms with Crippen LogP contribution < -0.4 is 77.7 Å². The van der Waals surface area contributed by atoms with Crippen molar-refractivity contribution in [3.63, 3.8) is 0 Å². The van der Waals surface area contributed by atoms with Gasteiger partial charge in [0.1, 0.15) is 17.2 Å². The normalized spacial score (nSPS) is 10.8. The number of rotatable bonds is 8. The Kier molecular flexibility index (Phi) is 45.3. The first-order valence-corrected chi connectivity index (χ1v) is 17.1. The number of aliphatic imine (C=N–C) groups is 2. The van der Waals surface area contributed by atoms with Crippen LogP contribution in [0.4, 0.5) is 0 Å². The van der Waals surface area contributed by atoms with Crippen molar-refractivity contribution in [1.29, 1.82) is 0 Å².